The number of aromatic nitrogens is 2. The lowest BCUT2D eigenvalue weighted by Gasteiger charge is -2.09. The Bertz CT molecular complexity index is 594. The summed E-state index contributed by atoms with van der Waals surface area (Å²) in [6.45, 7) is 0.549. The summed E-state index contributed by atoms with van der Waals surface area (Å²) in [5.74, 6) is 1.81. The summed E-state index contributed by atoms with van der Waals surface area (Å²) in [6.07, 6.45) is 2.41. The van der Waals surface area contributed by atoms with Gasteiger partial charge in [0.15, 0.2) is 5.82 Å². The third-order valence-corrected chi connectivity index (χ3v) is 3.32. The minimum Gasteiger partial charge on any atom is -0.384 e. The Morgan fingerprint density at radius 1 is 1.26 bits per heavy atom. The summed E-state index contributed by atoms with van der Waals surface area (Å²) in [4.78, 5) is 9.03. The van der Waals surface area contributed by atoms with E-state index in [1.807, 2.05) is 30.3 Å². The number of nitrogens with zero attached hydrogens (tertiary/aromatic N) is 2. The normalized spacial score (nSPS) is 14.6. The summed E-state index contributed by atoms with van der Waals surface area (Å²) in [5, 5.41) is 0. The maximum Gasteiger partial charge on any atom is 0.162 e. The molecule has 3 rings (SSSR count). The quantitative estimate of drug-likeness (QED) is 0.912. The number of rotatable bonds is 4. The van der Waals surface area contributed by atoms with Gasteiger partial charge in [-0.15, -0.1) is 0 Å². The lowest BCUT2D eigenvalue weighted by Crippen LogP contribution is -2.01. The fourth-order valence-corrected chi connectivity index (χ4v) is 2.21. The number of anilines is 1. The Morgan fingerprint density at radius 3 is 2.79 bits per heavy atom. The van der Waals surface area contributed by atoms with Crippen LogP contribution in [0.15, 0.2) is 30.3 Å². The molecule has 0 saturated heterocycles. The molecule has 0 atom stereocenters. The number of nitrogen functional groups attached to an aromatic ring is 1. The predicted octanol–water partition coefficient (Wildman–Crippen LogP) is 2.75. The van der Waals surface area contributed by atoms with E-state index in [0.717, 1.165) is 16.8 Å². The molecule has 1 aromatic heterocycles. The largest absolute Gasteiger partial charge is 0.384 e. The zero-order chi connectivity index (χ0) is 13.2. The highest BCUT2D eigenvalue weighted by molar-refractivity contribution is 5.61. The topological polar surface area (TPSA) is 61.0 Å². The smallest absolute Gasteiger partial charge is 0.162 e. The minimum atomic E-state index is 0.541. The van der Waals surface area contributed by atoms with Crippen molar-refractivity contribution in [3.63, 3.8) is 0 Å². The van der Waals surface area contributed by atoms with Crippen molar-refractivity contribution in [3.8, 4) is 11.4 Å². The van der Waals surface area contributed by atoms with Crippen LogP contribution in [-0.4, -0.2) is 17.1 Å². The zero-order valence-electron chi connectivity index (χ0n) is 11.0. The first-order valence-corrected chi connectivity index (χ1v) is 6.49. The van der Waals surface area contributed by atoms with Crippen LogP contribution in [0.4, 0.5) is 5.82 Å². The Labute approximate surface area is 112 Å². The van der Waals surface area contributed by atoms with E-state index in [9.17, 15) is 0 Å². The summed E-state index contributed by atoms with van der Waals surface area (Å²) < 4.78 is 5.22. The van der Waals surface area contributed by atoms with Gasteiger partial charge < -0.3 is 10.5 Å². The van der Waals surface area contributed by atoms with Crippen molar-refractivity contribution >= 4 is 5.82 Å². The van der Waals surface area contributed by atoms with Crippen LogP contribution in [-0.2, 0) is 11.3 Å². The Hall–Kier alpha value is -1.94. The molecule has 98 valence electrons. The molecule has 1 fully saturated rings. The molecule has 4 heteroatoms. The monoisotopic (exact) mass is 255 g/mol. The molecule has 0 radical (unpaired) electrons. The molecule has 1 aliphatic rings. The van der Waals surface area contributed by atoms with E-state index in [0.29, 0.717) is 24.2 Å². The zero-order valence-corrected chi connectivity index (χ0v) is 11.0. The lowest BCUT2D eigenvalue weighted by atomic mass is 10.1. The van der Waals surface area contributed by atoms with Crippen molar-refractivity contribution in [1.82, 2.24) is 9.97 Å². The molecule has 1 aliphatic carbocycles. The molecule has 0 spiro atoms. The van der Waals surface area contributed by atoms with E-state index < -0.39 is 0 Å². The van der Waals surface area contributed by atoms with Gasteiger partial charge in [-0.05, 0) is 18.4 Å². The van der Waals surface area contributed by atoms with Crippen molar-refractivity contribution in [1.29, 1.82) is 0 Å². The highest BCUT2D eigenvalue weighted by Gasteiger charge is 2.26. The molecule has 0 amide bonds. The van der Waals surface area contributed by atoms with Crippen molar-refractivity contribution in [3.05, 3.63) is 41.6 Å². The molecule has 1 saturated carbocycles. The molecule has 19 heavy (non-hydrogen) atoms. The number of nitrogens with two attached hydrogens (primary N) is 1. The van der Waals surface area contributed by atoms with Gasteiger partial charge in [0.1, 0.15) is 5.82 Å². The van der Waals surface area contributed by atoms with E-state index in [2.05, 4.69) is 9.97 Å². The third-order valence-electron chi connectivity index (χ3n) is 3.32. The van der Waals surface area contributed by atoms with Crippen LogP contribution >= 0.6 is 0 Å². The molecule has 0 aliphatic heterocycles. The van der Waals surface area contributed by atoms with Gasteiger partial charge in [-0.1, -0.05) is 24.3 Å². The van der Waals surface area contributed by atoms with Gasteiger partial charge in [0.25, 0.3) is 0 Å². The molecular formula is C15H17N3O. The molecule has 2 N–H and O–H groups in total. The van der Waals surface area contributed by atoms with Crippen LogP contribution in [0, 0.1) is 0 Å². The Kier molecular flexibility index (Phi) is 3.17. The van der Waals surface area contributed by atoms with Crippen LogP contribution < -0.4 is 5.73 Å². The fourth-order valence-electron chi connectivity index (χ4n) is 2.21. The maximum atomic E-state index is 5.90. The van der Waals surface area contributed by atoms with E-state index in [1.54, 1.807) is 7.11 Å². The van der Waals surface area contributed by atoms with Crippen LogP contribution in [0.25, 0.3) is 11.4 Å². The lowest BCUT2D eigenvalue weighted by molar-refractivity contribution is 0.185. The number of hydrogen-bond donors (Lipinski definition) is 1. The SMILES string of the molecule is COCc1ccccc1-c1nc(N)cc(C2CC2)n1. The summed E-state index contributed by atoms with van der Waals surface area (Å²) in [5.41, 5.74) is 9.05. The van der Waals surface area contributed by atoms with Crippen molar-refractivity contribution < 1.29 is 4.74 Å². The highest BCUT2D eigenvalue weighted by atomic mass is 16.5. The first-order chi connectivity index (χ1) is 9.28. The standard InChI is InChI=1S/C15H17N3O/c1-19-9-11-4-2-3-5-12(11)15-17-13(10-6-7-10)8-14(16)18-15/h2-5,8,10H,6-7,9H2,1H3,(H2,16,17,18). The number of ether oxygens (including phenoxy) is 1. The second-order valence-corrected chi connectivity index (χ2v) is 4.91. The average molecular weight is 255 g/mol. The van der Waals surface area contributed by atoms with Gasteiger partial charge in [0, 0.05) is 30.4 Å². The van der Waals surface area contributed by atoms with Gasteiger partial charge in [-0.2, -0.15) is 0 Å². The molecule has 0 unspecified atom stereocenters. The van der Waals surface area contributed by atoms with Crippen LogP contribution in [0.1, 0.15) is 30.0 Å². The Balaban J connectivity index is 2.05. The summed E-state index contributed by atoms with van der Waals surface area (Å²) in [7, 11) is 1.69. The van der Waals surface area contributed by atoms with Crippen molar-refractivity contribution in [2.75, 3.05) is 12.8 Å². The molecule has 1 heterocycles. The first kappa shape index (κ1) is 12.1. The van der Waals surface area contributed by atoms with Crippen LogP contribution in [0.2, 0.25) is 0 Å². The second-order valence-electron chi connectivity index (χ2n) is 4.91. The van der Waals surface area contributed by atoms with Gasteiger partial charge in [-0.3, -0.25) is 0 Å². The highest BCUT2D eigenvalue weighted by Crippen LogP contribution is 2.40. The van der Waals surface area contributed by atoms with E-state index in [1.165, 1.54) is 12.8 Å². The van der Waals surface area contributed by atoms with Gasteiger partial charge in [0.05, 0.1) is 6.61 Å². The summed E-state index contributed by atoms with van der Waals surface area (Å²) >= 11 is 0. The van der Waals surface area contributed by atoms with E-state index in [-0.39, 0.29) is 0 Å². The summed E-state index contributed by atoms with van der Waals surface area (Å²) in [6, 6.07) is 9.91. The number of benzene rings is 1. The predicted molar refractivity (Wildman–Crippen MR) is 74.6 cm³/mol. The Morgan fingerprint density at radius 2 is 2.05 bits per heavy atom. The molecular weight excluding hydrogens is 238 g/mol. The minimum absolute atomic E-state index is 0.541. The fraction of sp³-hybridized carbons (Fsp3) is 0.333. The van der Waals surface area contributed by atoms with Crippen LogP contribution in [0.3, 0.4) is 0 Å². The van der Waals surface area contributed by atoms with Crippen molar-refractivity contribution in [2.45, 2.75) is 25.4 Å². The molecule has 0 bridgehead atoms. The maximum absolute atomic E-state index is 5.90. The van der Waals surface area contributed by atoms with E-state index in [4.69, 9.17) is 10.5 Å². The molecule has 4 nitrogen and oxygen atoms in total. The van der Waals surface area contributed by atoms with E-state index >= 15 is 0 Å². The van der Waals surface area contributed by atoms with Gasteiger partial charge >= 0.3 is 0 Å². The third kappa shape index (κ3) is 2.58. The van der Waals surface area contributed by atoms with Gasteiger partial charge in [0.2, 0.25) is 0 Å². The first-order valence-electron chi connectivity index (χ1n) is 6.49. The second kappa shape index (κ2) is 4.97. The van der Waals surface area contributed by atoms with Crippen molar-refractivity contribution in [2.24, 2.45) is 0 Å². The number of hydrogen-bond acceptors (Lipinski definition) is 4. The number of methoxy groups -OCH3 is 1. The van der Waals surface area contributed by atoms with Crippen LogP contribution in [0.5, 0.6) is 0 Å². The van der Waals surface area contributed by atoms with Gasteiger partial charge in [-0.25, -0.2) is 9.97 Å². The average Bonchev–Trinajstić information content (AvgIpc) is 3.23. The molecule has 2 aromatic rings. The molecule has 1 aromatic carbocycles.